The van der Waals surface area contributed by atoms with Gasteiger partial charge in [-0.25, -0.2) is 8.42 Å². The molecule has 2 heterocycles. The van der Waals surface area contributed by atoms with Crippen molar-refractivity contribution in [3.05, 3.63) is 58.3 Å². The Balaban J connectivity index is 1.76. The topological polar surface area (TPSA) is 108 Å². The Morgan fingerprint density at radius 1 is 1.07 bits per heavy atom. The number of amides is 2. The van der Waals surface area contributed by atoms with E-state index in [0.717, 1.165) is 12.8 Å². The molecule has 0 saturated carbocycles. The summed E-state index contributed by atoms with van der Waals surface area (Å²) in [6.07, 6.45) is 4.53. The zero-order valence-corrected chi connectivity index (χ0v) is 16.6. The average molecular weight is 453 g/mol. The van der Waals surface area contributed by atoms with Gasteiger partial charge in [-0.15, -0.1) is 0 Å². The van der Waals surface area contributed by atoms with Crippen LogP contribution in [0.2, 0.25) is 0 Å². The van der Waals surface area contributed by atoms with Gasteiger partial charge in [0.25, 0.3) is 11.8 Å². The number of rotatable bonds is 4. The van der Waals surface area contributed by atoms with Gasteiger partial charge in [0.15, 0.2) is 0 Å². The fourth-order valence-electron chi connectivity index (χ4n) is 2.67. The number of aromatic nitrogens is 1. The molecular formula is C17H17BrN4O4S. The number of sulfonamides is 1. The van der Waals surface area contributed by atoms with Crippen molar-refractivity contribution >= 4 is 37.8 Å². The molecule has 2 aromatic rings. The van der Waals surface area contributed by atoms with Crippen molar-refractivity contribution in [3.63, 3.8) is 0 Å². The molecule has 1 aliphatic rings. The minimum Gasteiger partial charge on any atom is -0.267 e. The second-order valence-electron chi connectivity index (χ2n) is 5.90. The van der Waals surface area contributed by atoms with Crippen LogP contribution in [0.5, 0.6) is 0 Å². The number of nitrogens with zero attached hydrogens (tertiary/aromatic N) is 2. The van der Waals surface area contributed by atoms with Gasteiger partial charge < -0.3 is 0 Å². The molecule has 27 heavy (non-hydrogen) atoms. The van der Waals surface area contributed by atoms with E-state index in [1.165, 1.54) is 34.9 Å². The third-order valence-electron chi connectivity index (χ3n) is 4.10. The number of carbonyl (C=O) groups excluding carboxylic acids is 2. The Morgan fingerprint density at radius 3 is 2.44 bits per heavy atom. The number of hydrazine groups is 1. The van der Waals surface area contributed by atoms with Crippen LogP contribution in [-0.4, -0.2) is 42.6 Å². The van der Waals surface area contributed by atoms with Crippen molar-refractivity contribution in [2.45, 2.75) is 17.7 Å². The summed E-state index contributed by atoms with van der Waals surface area (Å²) in [7, 11) is -3.65. The van der Waals surface area contributed by atoms with E-state index in [0.29, 0.717) is 17.6 Å². The lowest BCUT2D eigenvalue weighted by Crippen LogP contribution is -2.41. The Labute approximate surface area is 165 Å². The molecule has 0 aliphatic carbocycles. The molecule has 1 aromatic carbocycles. The van der Waals surface area contributed by atoms with Gasteiger partial charge in [0.05, 0.1) is 16.0 Å². The van der Waals surface area contributed by atoms with Crippen LogP contribution in [0.3, 0.4) is 0 Å². The highest BCUT2D eigenvalue weighted by atomic mass is 79.9. The Hall–Kier alpha value is -2.30. The number of nitrogens with one attached hydrogen (secondary N) is 2. The van der Waals surface area contributed by atoms with E-state index in [1.807, 2.05) is 0 Å². The SMILES string of the molecule is O=C(NNC(=O)c1cc(S(=O)(=O)N2CCCC2)ccc1Br)c1cccnc1. The van der Waals surface area contributed by atoms with Gasteiger partial charge in [-0.2, -0.15) is 4.31 Å². The molecule has 0 bridgehead atoms. The third kappa shape index (κ3) is 4.34. The zero-order valence-electron chi connectivity index (χ0n) is 14.2. The fraction of sp³-hybridized carbons (Fsp3) is 0.235. The minimum absolute atomic E-state index is 0.0383. The average Bonchev–Trinajstić information content (AvgIpc) is 3.22. The first-order chi connectivity index (χ1) is 12.9. The molecule has 142 valence electrons. The van der Waals surface area contributed by atoms with Crippen molar-refractivity contribution in [3.8, 4) is 0 Å². The van der Waals surface area contributed by atoms with E-state index in [9.17, 15) is 18.0 Å². The van der Waals surface area contributed by atoms with E-state index in [-0.39, 0.29) is 16.0 Å². The van der Waals surface area contributed by atoms with Gasteiger partial charge in [0.1, 0.15) is 0 Å². The lowest BCUT2D eigenvalue weighted by molar-refractivity contribution is 0.0846. The van der Waals surface area contributed by atoms with Crippen molar-refractivity contribution in [1.29, 1.82) is 0 Å². The van der Waals surface area contributed by atoms with Crippen LogP contribution in [0.15, 0.2) is 52.1 Å². The van der Waals surface area contributed by atoms with Crippen LogP contribution in [0.4, 0.5) is 0 Å². The van der Waals surface area contributed by atoms with Crippen LogP contribution in [0.1, 0.15) is 33.6 Å². The van der Waals surface area contributed by atoms with Gasteiger partial charge in [-0.05, 0) is 59.1 Å². The summed E-state index contributed by atoms with van der Waals surface area (Å²) in [5.74, 6) is -1.17. The van der Waals surface area contributed by atoms with E-state index < -0.39 is 21.8 Å². The molecule has 0 atom stereocenters. The van der Waals surface area contributed by atoms with E-state index >= 15 is 0 Å². The summed E-state index contributed by atoms with van der Waals surface area (Å²) in [6.45, 7) is 0.947. The maximum atomic E-state index is 12.7. The first-order valence-corrected chi connectivity index (χ1v) is 10.4. The molecule has 8 nitrogen and oxygen atoms in total. The van der Waals surface area contributed by atoms with Gasteiger partial charge in [0, 0.05) is 30.0 Å². The van der Waals surface area contributed by atoms with Gasteiger partial charge in [0.2, 0.25) is 10.0 Å². The fourth-order valence-corrected chi connectivity index (χ4v) is 4.64. The monoisotopic (exact) mass is 452 g/mol. The second-order valence-corrected chi connectivity index (χ2v) is 8.70. The number of benzene rings is 1. The lowest BCUT2D eigenvalue weighted by Gasteiger charge is -2.16. The standard InChI is InChI=1S/C17H17BrN4O4S/c18-15-6-5-13(27(25,26)22-8-1-2-9-22)10-14(15)17(24)21-20-16(23)12-4-3-7-19-11-12/h3-7,10-11H,1-2,8-9H2,(H,20,23)(H,21,24). The largest absolute Gasteiger partial charge is 0.271 e. The number of hydrogen-bond donors (Lipinski definition) is 2. The van der Waals surface area contributed by atoms with Crippen molar-refractivity contribution in [2.24, 2.45) is 0 Å². The van der Waals surface area contributed by atoms with Crippen LogP contribution in [-0.2, 0) is 10.0 Å². The molecule has 2 N–H and O–H groups in total. The maximum absolute atomic E-state index is 12.7. The molecule has 2 amide bonds. The summed E-state index contributed by atoms with van der Waals surface area (Å²) >= 11 is 3.24. The Kier molecular flexibility index (Phi) is 5.88. The highest BCUT2D eigenvalue weighted by molar-refractivity contribution is 9.10. The highest BCUT2D eigenvalue weighted by Gasteiger charge is 2.28. The molecule has 1 saturated heterocycles. The number of pyridine rings is 1. The normalized spacial score (nSPS) is 14.7. The van der Waals surface area contributed by atoms with E-state index in [1.54, 1.807) is 12.1 Å². The van der Waals surface area contributed by atoms with Crippen molar-refractivity contribution in [1.82, 2.24) is 20.1 Å². The van der Waals surface area contributed by atoms with Gasteiger partial charge in [-0.3, -0.25) is 25.4 Å². The number of halogens is 1. The first-order valence-electron chi connectivity index (χ1n) is 8.20. The quantitative estimate of drug-likeness (QED) is 0.686. The zero-order chi connectivity index (χ0) is 19.4. The third-order valence-corrected chi connectivity index (χ3v) is 6.68. The van der Waals surface area contributed by atoms with Crippen LogP contribution < -0.4 is 10.9 Å². The van der Waals surface area contributed by atoms with Crippen molar-refractivity contribution in [2.75, 3.05) is 13.1 Å². The number of hydrogen-bond acceptors (Lipinski definition) is 5. The van der Waals surface area contributed by atoms with Gasteiger partial charge >= 0.3 is 0 Å². The van der Waals surface area contributed by atoms with Crippen LogP contribution in [0.25, 0.3) is 0 Å². The van der Waals surface area contributed by atoms with Crippen LogP contribution >= 0.6 is 15.9 Å². The summed E-state index contributed by atoms with van der Waals surface area (Å²) in [5, 5.41) is 0. The molecule has 0 unspecified atom stereocenters. The Morgan fingerprint density at radius 2 is 1.78 bits per heavy atom. The Bertz CT molecular complexity index is 960. The predicted molar refractivity (Wildman–Crippen MR) is 101 cm³/mol. The highest BCUT2D eigenvalue weighted by Crippen LogP contribution is 2.25. The summed E-state index contributed by atoms with van der Waals surface area (Å²) < 4.78 is 27.2. The minimum atomic E-state index is -3.65. The molecule has 3 rings (SSSR count). The molecular weight excluding hydrogens is 436 g/mol. The molecule has 10 heteroatoms. The second kappa shape index (κ2) is 8.15. The molecule has 1 aliphatic heterocycles. The van der Waals surface area contributed by atoms with Crippen molar-refractivity contribution < 1.29 is 18.0 Å². The molecule has 0 radical (unpaired) electrons. The summed E-state index contributed by atoms with van der Waals surface area (Å²) in [5.41, 5.74) is 4.94. The maximum Gasteiger partial charge on any atom is 0.271 e. The summed E-state index contributed by atoms with van der Waals surface area (Å²) in [4.78, 5) is 28.3. The molecule has 0 spiro atoms. The summed E-state index contributed by atoms with van der Waals surface area (Å²) in [6, 6.07) is 7.39. The van der Waals surface area contributed by atoms with Crippen LogP contribution in [0, 0.1) is 0 Å². The van der Waals surface area contributed by atoms with E-state index in [4.69, 9.17) is 0 Å². The van der Waals surface area contributed by atoms with E-state index in [2.05, 4.69) is 31.8 Å². The molecule has 1 aromatic heterocycles. The smallest absolute Gasteiger partial charge is 0.267 e. The number of carbonyl (C=O) groups is 2. The first kappa shape index (κ1) is 19.5. The van der Waals surface area contributed by atoms with Gasteiger partial charge in [-0.1, -0.05) is 0 Å². The lowest BCUT2D eigenvalue weighted by atomic mass is 10.2. The molecule has 1 fully saturated rings. The predicted octanol–water partition coefficient (Wildman–Crippen LogP) is 1.70.